The molecule has 0 unspecified atom stereocenters. The second-order valence-electron chi connectivity index (χ2n) is 10.9. The summed E-state index contributed by atoms with van der Waals surface area (Å²) in [6.45, 7) is 0. The van der Waals surface area contributed by atoms with Crippen molar-refractivity contribution in [2.45, 2.75) is 0 Å². The molecule has 0 amide bonds. The molecule has 1 aliphatic carbocycles. The van der Waals surface area contributed by atoms with Gasteiger partial charge in [-0.15, -0.1) is 0 Å². The molecule has 0 N–H and O–H groups in total. The lowest BCUT2D eigenvalue weighted by atomic mass is 10.0. The zero-order valence-electron chi connectivity index (χ0n) is 23.2. The smallest absolute Gasteiger partial charge is 0.197 e. The Kier molecular flexibility index (Phi) is 5.76. The third kappa shape index (κ3) is 4.22. The Morgan fingerprint density at radius 1 is 0.442 bits per heavy atom. The lowest BCUT2D eigenvalue weighted by Crippen LogP contribution is -2.10. The molecule has 202 valence electrons. The molecule has 0 fully saturated rings. The first-order valence-electron chi connectivity index (χ1n) is 14.3. The number of ketones is 2. The topological polar surface area (TPSA) is 37.4 Å². The lowest BCUT2D eigenvalue weighted by molar-refractivity contribution is 0.0990. The van der Waals surface area contributed by atoms with Crippen LogP contribution in [0.3, 0.4) is 0 Å². The maximum Gasteiger partial charge on any atom is 0.197 e. The molecule has 0 saturated heterocycles. The van der Waals surface area contributed by atoms with Gasteiger partial charge in [-0.25, -0.2) is 0 Å². The minimum atomic E-state index is -0.219. The van der Waals surface area contributed by atoms with E-state index in [1.54, 1.807) is 6.08 Å². The Balaban J connectivity index is 1.21. The van der Waals surface area contributed by atoms with Gasteiger partial charge < -0.3 is 4.90 Å². The summed E-state index contributed by atoms with van der Waals surface area (Å²) in [4.78, 5) is 28.9. The van der Waals surface area contributed by atoms with Crippen LogP contribution in [0.4, 0.5) is 17.1 Å². The van der Waals surface area contributed by atoms with E-state index in [0.29, 0.717) is 11.1 Å². The molecule has 3 heteroatoms. The Labute approximate surface area is 248 Å². The van der Waals surface area contributed by atoms with Gasteiger partial charge in [-0.1, -0.05) is 103 Å². The third-order valence-corrected chi connectivity index (χ3v) is 8.33. The largest absolute Gasteiger partial charge is 0.310 e. The fourth-order valence-corrected chi connectivity index (χ4v) is 6.17. The standard InChI is InChI=1S/C40H25NO2/c42-39-35-24-30-11-3-4-12-31(30)25-36(35)40(43)37(39)22-26-16-19-32(20-17-26)41(33-21-18-27-8-1-2-10-29(27)23-33)38-15-7-13-28-9-5-6-14-34(28)38/h1-25H. The van der Waals surface area contributed by atoms with E-state index >= 15 is 0 Å². The maximum absolute atomic E-state index is 13.3. The summed E-state index contributed by atoms with van der Waals surface area (Å²) in [5, 5.41) is 6.57. The van der Waals surface area contributed by atoms with E-state index in [1.165, 1.54) is 5.39 Å². The molecule has 0 aromatic heterocycles. The Hall–Kier alpha value is -5.80. The molecule has 0 saturated carbocycles. The van der Waals surface area contributed by atoms with Gasteiger partial charge in [-0.3, -0.25) is 9.59 Å². The quantitative estimate of drug-likeness (QED) is 0.161. The van der Waals surface area contributed by atoms with Crippen LogP contribution in [0, 0.1) is 0 Å². The molecule has 0 atom stereocenters. The van der Waals surface area contributed by atoms with E-state index in [2.05, 4.69) is 102 Å². The molecule has 7 aromatic carbocycles. The highest BCUT2D eigenvalue weighted by atomic mass is 16.2. The SMILES string of the molecule is O=C1C(=Cc2ccc(N(c3ccc4ccccc4c3)c3cccc4ccccc34)cc2)C(=O)c2cc3ccccc3cc21. The van der Waals surface area contributed by atoms with Crippen LogP contribution in [-0.2, 0) is 0 Å². The normalized spacial score (nSPS) is 12.7. The highest BCUT2D eigenvalue weighted by molar-refractivity contribution is 6.42. The Morgan fingerprint density at radius 3 is 1.65 bits per heavy atom. The first-order valence-corrected chi connectivity index (χ1v) is 14.3. The average molecular weight is 552 g/mol. The van der Waals surface area contributed by atoms with Crippen LogP contribution in [0.15, 0.2) is 151 Å². The highest BCUT2D eigenvalue weighted by Crippen LogP contribution is 2.40. The van der Waals surface area contributed by atoms with Gasteiger partial charge in [-0.2, -0.15) is 0 Å². The summed E-state index contributed by atoms with van der Waals surface area (Å²) >= 11 is 0. The average Bonchev–Trinajstić information content (AvgIpc) is 3.28. The van der Waals surface area contributed by atoms with Crippen LogP contribution in [0.2, 0.25) is 0 Å². The summed E-state index contributed by atoms with van der Waals surface area (Å²) < 4.78 is 0. The fraction of sp³-hybridized carbons (Fsp3) is 0. The van der Waals surface area contributed by atoms with Crippen molar-refractivity contribution in [2.75, 3.05) is 4.90 Å². The van der Waals surface area contributed by atoms with Crippen molar-refractivity contribution in [2.24, 2.45) is 0 Å². The van der Waals surface area contributed by atoms with Gasteiger partial charge in [-0.05, 0) is 81.0 Å². The number of nitrogens with zero attached hydrogens (tertiary/aromatic N) is 1. The Morgan fingerprint density at radius 2 is 0.977 bits per heavy atom. The highest BCUT2D eigenvalue weighted by Gasteiger charge is 2.33. The van der Waals surface area contributed by atoms with E-state index in [1.807, 2.05) is 48.5 Å². The van der Waals surface area contributed by atoms with E-state index < -0.39 is 0 Å². The number of hydrogen-bond acceptors (Lipinski definition) is 3. The van der Waals surface area contributed by atoms with Crippen molar-refractivity contribution < 1.29 is 9.59 Å². The second-order valence-corrected chi connectivity index (χ2v) is 10.9. The minimum Gasteiger partial charge on any atom is -0.310 e. The molecular weight excluding hydrogens is 526 g/mol. The summed E-state index contributed by atoms with van der Waals surface area (Å²) in [7, 11) is 0. The van der Waals surface area contributed by atoms with Crippen LogP contribution in [0.1, 0.15) is 26.3 Å². The van der Waals surface area contributed by atoms with Gasteiger partial charge in [0.05, 0.1) is 11.3 Å². The van der Waals surface area contributed by atoms with Crippen LogP contribution in [0.25, 0.3) is 38.4 Å². The van der Waals surface area contributed by atoms with Gasteiger partial charge in [0.25, 0.3) is 0 Å². The van der Waals surface area contributed by atoms with Gasteiger partial charge >= 0.3 is 0 Å². The van der Waals surface area contributed by atoms with E-state index in [9.17, 15) is 9.59 Å². The number of benzene rings is 7. The number of Topliss-reactive ketones (excluding diaryl/α,β-unsaturated/α-hetero) is 2. The molecule has 7 aromatic rings. The molecule has 0 heterocycles. The molecule has 0 spiro atoms. The summed E-state index contributed by atoms with van der Waals surface area (Å²) in [5.74, 6) is -0.438. The number of anilines is 3. The maximum atomic E-state index is 13.3. The molecule has 3 nitrogen and oxygen atoms in total. The van der Waals surface area contributed by atoms with Crippen LogP contribution in [0.5, 0.6) is 0 Å². The molecule has 1 aliphatic rings. The number of carbonyl (C=O) groups is 2. The second kappa shape index (κ2) is 9.93. The summed E-state index contributed by atoms with van der Waals surface area (Å²) in [6, 6.07) is 49.2. The molecule has 43 heavy (non-hydrogen) atoms. The lowest BCUT2D eigenvalue weighted by Gasteiger charge is -2.27. The fourth-order valence-electron chi connectivity index (χ4n) is 6.17. The number of carbonyl (C=O) groups excluding carboxylic acids is 2. The first-order chi connectivity index (χ1) is 21.1. The minimum absolute atomic E-state index is 0.207. The number of fused-ring (bicyclic) bond motifs is 4. The van der Waals surface area contributed by atoms with Crippen molar-refractivity contribution in [3.8, 4) is 0 Å². The monoisotopic (exact) mass is 551 g/mol. The van der Waals surface area contributed by atoms with Crippen LogP contribution < -0.4 is 4.90 Å². The van der Waals surface area contributed by atoms with E-state index in [-0.39, 0.29) is 17.1 Å². The zero-order chi connectivity index (χ0) is 28.9. The first kappa shape index (κ1) is 25.0. The predicted octanol–water partition coefficient (Wildman–Crippen LogP) is 10.1. The van der Waals surface area contributed by atoms with Crippen LogP contribution in [-0.4, -0.2) is 11.6 Å². The molecule has 0 radical (unpaired) electrons. The molecular formula is C40H25NO2. The van der Waals surface area contributed by atoms with Crippen molar-refractivity contribution in [1.82, 2.24) is 0 Å². The number of hydrogen-bond donors (Lipinski definition) is 0. The van der Waals surface area contributed by atoms with Gasteiger partial charge in [0, 0.05) is 27.9 Å². The number of allylic oxidation sites excluding steroid dienone is 1. The van der Waals surface area contributed by atoms with E-state index in [0.717, 1.165) is 49.6 Å². The molecule has 0 bridgehead atoms. The molecule has 8 rings (SSSR count). The van der Waals surface area contributed by atoms with Gasteiger partial charge in [0.2, 0.25) is 0 Å². The summed E-state index contributed by atoms with van der Waals surface area (Å²) in [5.41, 5.74) is 5.06. The zero-order valence-corrected chi connectivity index (χ0v) is 23.2. The van der Waals surface area contributed by atoms with Crippen LogP contribution >= 0.6 is 0 Å². The van der Waals surface area contributed by atoms with Gasteiger partial charge in [0.15, 0.2) is 11.6 Å². The van der Waals surface area contributed by atoms with Crippen molar-refractivity contribution in [3.63, 3.8) is 0 Å². The third-order valence-electron chi connectivity index (χ3n) is 8.33. The summed E-state index contributed by atoms with van der Waals surface area (Å²) in [6.07, 6.45) is 1.72. The van der Waals surface area contributed by atoms with Crippen molar-refractivity contribution in [1.29, 1.82) is 0 Å². The van der Waals surface area contributed by atoms with E-state index in [4.69, 9.17) is 0 Å². The Bertz CT molecular complexity index is 2220. The van der Waals surface area contributed by atoms with Gasteiger partial charge in [0.1, 0.15) is 0 Å². The van der Waals surface area contributed by atoms with Crippen molar-refractivity contribution >= 4 is 67.0 Å². The van der Waals surface area contributed by atoms with Crippen molar-refractivity contribution in [3.05, 3.63) is 168 Å². The molecule has 0 aliphatic heterocycles. The predicted molar refractivity (Wildman–Crippen MR) is 177 cm³/mol. The number of rotatable bonds is 4.